The molecule has 6 bridgehead atoms. The summed E-state index contributed by atoms with van der Waals surface area (Å²) in [4.78, 5) is 7.18. The number of nitrogens with zero attached hydrogens (tertiary/aromatic N) is 4. The molecule has 15 aromatic carbocycles. The summed E-state index contributed by atoms with van der Waals surface area (Å²) in [5.41, 5.74) is 22.3. The third-order valence-electron chi connectivity index (χ3n) is 28.4. The molecule has 0 radical (unpaired) electrons. The Morgan fingerprint density at radius 1 is 0.227 bits per heavy atom. The Kier molecular flexibility index (Phi) is 17.4. The minimum atomic E-state index is 0.714. The van der Waals surface area contributed by atoms with E-state index in [0.717, 1.165) is 120 Å². The highest BCUT2D eigenvalue weighted by molar-refractivity contribution is 7.26. The zero-order chi connectivity index (χ0) is 78.2. The molecule has 20 aromatic rings. The van der Waals surface area contributed by atoms with E-state index >= 15 is 0 Å². The van der Waals surface area contributed by atoms with E-state index < -0.39 is 0 Å². The van der Waals surface area contributed by atoms with Crippen molar-refractivity contribution in [3.63, 3.8) is 0 Å². The highest BCUT2D eigenvalue weighted by Gasteiger charge is 2.43. The number of benzene rings is 15. The van der Waals surface area contributed by atoms with Crippen LogP contribution in [0.5, 0.6) is 0 Å². The molecule has 8 heteroatoms. The summed E-state index contributed by atoms with van der Waals surface area (Å²) in [6, 6.07) is 127. The zero-order valence-corrected chi connectivity index (χ0v) is 68.1. The van der Waals surface area contributed by atoms with Crippen LogP contribution >= 0.6 is 22.7 Å². The van der Waals surface area contributed by atoms with Gasteiger partial charge in [0.15, 0.2) is 0 Å². The molecule has 5 heterocycles. The van der Waals surface area contributed by atoms with Crippen molar-refractivity contribution in [1.82, 2.24) is 4.57 Å². The van der Waals surface area contributed by atoms with E-state index in [-0.39, 0.29) is 0 Å². The van der Waals surface area contributed by atoms with Gasteiger partial charge in [0.25, 0.3) is 0 Å². The van der Waals surface area contributed by atoms with E-state index in [1.807, 2.05) is 34.8 Å². The molecule has 26 rings (SSSR count). The molecule has 6 nitrogen and oxygen atoms in total. The monoisotopic (exact) mass is 1570 g/mol. The molecule has 578 valence electrons. The Morgan fingerprint density at radius 3 is 1.00 bits per heavy atom. The molecule has 0 saturated heterocycles. The van der Waals surface area contributed by atoms with E-state index in [1.54, 1.807) is 5.56 Å². The second-order valence-corrected chi connectivity index (χ2v) is 37.1. The lowest BCUT2D eigenvalue weighted by molar-refractivity contribution is 0.420. The molecule has 0 N–H and O–H groups in total. The molecule has 9 unspecified atom stereocenters. The van der Waals surface area contributed by atoms with Crippen LogP contribution in [0.3, 0.4) is 0 Å². The van der Waals surface area contributed by atoms with Crippen molar-refractivity contribution >= 4 is 180 Å². The van der Waals surface area contributed by atoms with E-state index in [9.17, 15) is 0 Å². The molecule has 6 fully saturated rings. The first-order chi connectivity index (χ1) is 58.9. The van der Waals surface area contributed by atoms with Gasteiger partial charge in [-0.15, -0.1) is 22.7 Å². The fourth-order valence-corrected chi connectivity index (χ4v) is 25.0. The van der Waals surface area contributed by atoms with Gasteiger partial charge in [-0.1, -0.05) is 189 Å². The molecular formula is C111H90N4O2S2. The zero-order valence-electron chi connectivity index (χ0n) is 66.5. The van der Waals surface area contributed by atoms with Crippen LogP contribution in [0.25, 0.3) is 112 Å². The first-order valence-electron chi connectivity index (χ1n) is 43.4. The normalized spacial score (nSPS) is 20.3. The molecular weight excluding hydrogens is 1490 g/mol. The molecule has 119 heavy (non-hydrogen) atoms. The third kappa shape index (κ3) is 12.5. The highest BCUT2D eigenvalue weighted by atomic mass is 32.1. The summed E-state index contributed by atoms with van der Waals surface area (Å²) in [5.74, 6) is 7.76. The maximum absolute atomic E-state index is 6.39. The van der Waals surface area contributed by atoms with Crippen LogP contribution in [0.15, 0.2) is 355 Å². The van der Waals surface area contributed by atoms with Crippen LogP contribution in [0.4, 0.5) is 51.2 Å². The number of hydrogen-bond donors (Lipinski definition) is 0. The highest BCUT2D eigenvalue weighted by Crippen LogP contribution is 2.57. The van der Waals surface area contributed by atoms with Crippen molar-refractivity contribution in [3.05, 3.63) is 362 Å². The topological polar surface area (TPSA) is 40.9 Å². The van der Waals surface area contributed by atoms with Gasteiger partial charge < -0.3 is 28.1 Å². The van der Waals surface area contributed by atoms with Crippen LogP contribution in [-0.4, -0.2) is 4.57 Å². The summed E-state index contributed by atoms with van der Waals surface area (Å²) >= 11 is 3.74. The van der Waals surface area contributed by atoms with Crippen molar-refractivity contribution in [2.24, 2.45) is 35.5 Å². The Hall–Kier alpha value is -12.5. The number of rotatable bonds is 13. The van der Waals surface area contributed by atoms with Gasteiger partial charge in [0.1, 0.15) is 22.3 Å². The van der Waals surface area contributed by atoms with Gasteiger partial charge in [0.2, 0.25) is 0 Å². The van der Waals surface area contributed by atoms with Gasteiger partial charge in [-0.3, -0.25) is 0 Å². The first kappa shape index (κ1) is 70.7. The quantitative estimate of drug-likeness (QED) is 0.115. The maximum Gasteiger partial charge on any atom is 0.137 e. The Bertz CT molecular complexity index is 7240. The number of aromatic nitrogens is 1. The van der Waals surface area contributed by atoms with Crippen LogP contribution in [0.2, 0.25) is 0 Å². The standard InChI is InChI=1S/C43H34N2O.C37H29NOS.C31H27NS/c1-2-8-31(9-3-1)45-40-12-6-4-10-35(40)36-22-20-33(26-41(36)45)44(32-18-16-29(17-19-32)39-25-28-14-15-30(39)24-28)34-21-23-38-37-11-5-7-13-42(37)46-43(38)27-34;1-3-7-34-29(5-1)30-17-15-28(22-35(30)39-34)38(26-13-11-24(12-14-26)32-20-23-9-10-25(32)19-23)27-16-18-37-33(21-27)31-6-2-4-8-36(31)40-37;1-2-6-24(7-3-1)32(25-14-12-22(13-15-25)28-19-21-10-11-23(28)18-21)26-16-17-31-29(20-26)27-8-4-5-9-30(27)33-31/h1-13,16-23,26-28,30,39H,14-15,24-25H2;1-8,11-18,21-23,25,32H,9-10,19-20H2;1-9,12-17,20-21,23,28H,10-11,18-19H2. The van der Waals surface area contributed by atoms with Crippen molar-refractivity contribution in [2.75, 3.05) is 14.7 Å². The molecule has 6 aliphatic carbocycles. The van der Waals surface area contributed by atoms with Gasteiger partial charge in [-0.25, -0.2) is 0 Å². The number of para-hydroxylation sites is 5. The average molecular weight is 1580 g/mol. The van der Waals surface area contributed by atoms with E-state index in [1.165, 1.54) is 179 Å². The Labute approximate surface area is 701 Å². The number of furan rings is 2. The predicted octanol–water partition coefficient (Wildman–Crippen LogP) is 32.8. The molecule has 5 aromatic heterocycles. The predicted molar refractivity (Wildman–Crippen MR) is 503 cm³/mol. The number of anilines is 9. The molecule has 0 amide bonds. The molecule has 0 spiro atoms. The van der Waals surface area contributed by atoms with Gasteiger partial charge in [0.05, 0.1) is 11.0 Å². The van der Waals surface area contributed by atoms with Crippen LogP contribution in [0, 0.1) is 35.5 Å². The largest absolute Gasteiger partial charge is 0.456 e. The number of hydrogen-bond acceptors (Lipinski definition) is 7. The second-order valence-electron chi connectivity index (χ2n) is 35.0. The van der Waals surface area contributed by atoms with E-state index in [0.29, 0.717) is 5.92 Å². The second kappa shape index (κ2) is 29.3. The lowest BCUT2D eigenvalue weighted by Crippen LogP contribution is -2.11. The summed E-state index contributed by atoms with van der Waals surface area (Å²) in [7, 11) is 0. The smallest absolute Gasteiger partial charge is 0.137 e. The van der Waals surface area contributed by atoms with Gasteiger partial charge in [-0.2, -0.15) is 0 Å². The van der Waals surface area contributed by atoms with E-state index in [4.69, 9.17) is 8.83 Å². The molecule has 6 aliphatic rings. The summed E-state index contributed by atoms with van der Waals surface area (Å²) in [6.07, 6.45) is 17.0. The minimum absolute atomic E-state index is 0.714. The van der Waals surface area contributed by atoms with Crippen LogP contribution in [0.1, 0.15) is 111 Å². The van der Waals surface area contributed by atoms with Crippen LogP contribution in [-0.2, 0) is 0 Å². The minimum Gasteiger partial charge on any atom is -0.456 e. The fourth-order valence-electron chi connectivity index (χ4n) is 22.9. The van der Waals surface area contributed by atoms with Gasteiger partial charge in [-0.05, 0) is 292 Å². The first-order valence-corrected chi connectivity index (χ1v) is 45.0. The summed E-state index contributed by atoms with van der Waals surface area (Å²) in [6.45, 7) is 0. The summed E-state index contributed by atoms with van der Waals surface area (Å²) < 4.78 is 20.5. The maximum atomic E-state index is 6.39. The molecule has 0 aliphatic heterocycles. The van der Waals surface area contributed by atoms with Crippen molar-refractivity contribution in [3.8, 4) is 5.69 Å². The van der Waals surface area contributed by atoms with Crippen LogP contribution < -0.4 is 14.7 Å². The lowest BCUT2D eigenvalue weighted by Gasteiger charge is -2.27. The van der Waals surface area contributed by atoms with Crippen molar-refractivity contribution < 1.29 is 8.83 Å². The van der Waals surface area contributed by atoms with Gasteiger partial charge in [0, 0.05) is 142 Å². The average Bonchev–Trinajstić information content (AvgIpc) is 1.61. The molecule has 6 saturated carbocycles. The Morgan fingerprint density at radius 2 is 0.555 bits per heavy atom. The number of thiophene rings is 2. The van der Waals surface area contributed by atoms with Gasteiger partial charge >= 0.3 is 0 Å². The Balaban J connectivity index is 0.000000103. The third-order valence-corrected chi connectivity index (χ3v) is 30.7. The van der Waals surface area contributed by atoms with Crippen molar-refractivity contribution in [2.45, 2.75) is 94.8 Å². The lowest BCUT2D eigenvalue weighted by atomic mass is 9.83. The van der Waals surface area contributed by atoms with E-state index in [2.05, 4.69) is 353 Å². The number of fused-ring (bicyclic) bond motifs is 21. The molecule has 9 atom stereocenters. The summed E-state index contributed by atoms with van der Waals surface area (Å²) in [5, 5.41) is 12.5. The fraction of sp³-hybridized carbons (Fsp3) is 0.189. The SMILES string of the molecule is c1ccc(-n2c3ccccc3c3ccc(N(c4ccc(C5CC6CCC5C6)cc4)c4ccc5c(c4)oc4ccccc45)cc32)cc1.c1ccc(N(c2ccc(C3CC4CCC3C4)cc2)c2ccc3sc4ccccc4c3c2)cc1.c1ccc2c(c1)oc1cc(N(c3ccc(C4CC5CCC4C5)cc3)c3ccc4sc5ccccc5c4c3)ccc12. The van der Waals surface area contributed by atoms with Crippen molar-refractivity contribution in [1.29, 1.82) is 0 Å².